The van der Waals surface area contributed by atoms with Crippen LogP contribution < -0.4 is 20.9 Å². The highest BCUT2D eigenvalue weighted by molar-refractivity contribution is 7.89. The van der Waals surface area contributed by atoms with E-state index in [0.29, 0.717) is 44.6 Å². The van der Waals surface area contributed by atoms with E-state index >= 15 is 8.78 Å². The van der Waals surface area contributed by atoms with Gasteiger partial charge in [-0.05, 0) is 68.5 Å². The van der Waals surface area contributed by atoms with Crippen molar-refractivity contribution in [1.82, 2.24) is 14.6 Å². The van der Waals surface area contributed by atoms with Crippen LogP contribution >= 0.6 is 11.6 Å². The third-order valence-electron chi connectivity index (χ3n) is 8.64. The zero-order chi connectivity index (χ0) is 30.8. The molecule has 5 rings (SSSR count). The van der Waals surface area contributed by atoms with Crippen LogP contribution in [0.4, 0.5) is 20.3 Å². The second-order valence-corrected chi connectivity index (χ2v) is 13.6. The highest BCUT2D eigenvalue weighted by atomic mass is 35.5. The third-order valence-corrected chi connectivity index (χ3v) is 10.7. The van der Waals surface area contributed by atoms with Crippen molar-refractivity contribution in [1.29, 1.82) is 0 Å². The molecular formula is C29H37ClF2N6O4S. The fraction of sp³-hybridized carbons (Fsp3) is 0.552. The Bertz CT molecular complexity index is 1430. The number of aromatic nitrogens is 1. The van der Waals surface area contributed by atoms with Crippen molar-refractivity contribution < 1.29 is 26.8 Å². The largest absolute Gasteiger partial charge is 0.355 e. The van der Waals surface area contributed by atoms with Crippen LogP contribution in [0.25, 0.3) is 0 Å². The first kappa shape index (κ1) is 31.6. The second-order valence-electron chi connectivity index (χ2n) is 11.3. The first-order valence-electron chi connectivity index (χ1n) is 14.7. The number of alkyl halides is 2. The number of hydrogen-bond acceptors (Lipinski definition) is 7. The van der Waals surface area contributed by atoms with E-state index < -0.39 is 21.9 Å². The minimum Gasteiger partial charge on any atom is -0.355 e. The van der Waals surface area contributed by atoms with Crippen LogP contribution in [0.2, 0.25) is 5.15 Å². The van der Waals surface area contributed by atoms with E-state index in [0.717, 1.165) is 6.42 Å². The zero-order valence-electron chi connectivity index (χ0n) is 23.9. The van der Waals surface area contributed by atoms with Gasteiger partial charge in [0.2, 0.25) is 21.8 Å². The summed E-state index contributed by atoms with van der Waals surface area (Å²) in [6, 6.07) is 8.84. The van der Waals surface area contributed by atoms with Gasteiger partial charge in [-0.25, -0.2) is 22.2 Å². The number of sulfonamides is 1. The number of benzene rings is 1. The number of rotatable bonds is 9. The van der Waals surface area contributed by atoms with Crippen molar-refractivity contribution in [2.75, 3.05) is 55.6 Å². The van der Waals surface area contributed by atoms with Gasteiger partial charge < -0.3 is 20.9 Å². The molecule has 1 aromatic heterocycles. The maximum atomic E-state index is 15.7. The molecule has 1 aromatic carbocycles. The number of piperazine rings is 1. The van der Waals surface area contributed by atoms with Gasteiger partial charge in [0.25, 0.3) is 5.92 Å². The summed E-state index contributed by atoms with van der Waals surface area (Å²) in [5.74, 6) is -4.24. The molecule has 2 aliphatic heterocycles. The van der Waals surface area contributed by atoms with E-state index in [1.807, 2.05) is 0 Å². The number of carbonyl (C=O) groups is 2. The molecule has 3 heterocycles. The number of amides is 2. The number of hydrogen-bond donors (Lipinski definition) is 2. The van der Waals surface area contributed by atoms with Gasteiger partial charge in [-0.3, -0.25) is 9.59 Å². The van der Waals surface area contributed by atoms with Gasteiger partial charge in [-0.15, -0.1) is 0 Å². The highest BCUT2D eigenvalue weighted by Crippen LogP contribution is 2.46. The fourth-order valence-corrected chi connectivity index (χ4v) is 7.78. The molecule has 43 heavy (non-hydrogen) atoms. The molecule has 10 nitrogen and oxygen atoms in total. The van der Waals surface area contributed by atoms with Crippen LogP contribution in [0.15, 0.2) is 41.3 Å². The summed E-state index contributed by atoms with van der Waals surface area (Å²) in [6.07, 6.45) is 2.42. The smallest absolute Gasteiger partial charge is 0.276 e. The van der Waals surface area contributed by atoms with Crippen molar-refractivity contribution in [3.63, 3.8) is 0 Å². The molecule has 0 spiro atoms. The van der Waals surface area contributed by atoms with Crippen molar-refractivity contribution >= 4 is 44.9 Å². The van der Waals surface area contributed by atoms with Gasteiger partial charge in [-0.1, -0.05) is 11.6 Å². The summed E-state index contributed by atoms with van der Waals surface area (Å²) in [6.45, 7) is 2.10. The molecule has 3 aliphatic rings. The first-order chi connectivity index (χ1) is 20.5. The Kier molecular flexibility index (Phi) is 9.55. The molecule has 0 radical (unpaired) electrons. The Labute approximate surface area is 255 Å². The predicted octanol–water partition coefficient (Wildman–Crippen LogP) is 3.35. The van der Waals surface area contributed by atoms with Gasteiger partial charge in [0.15, 0.2) is 0 Å². The van der Waals surface area contributed by atoms with E-state index in [9.17, 15) is 18.0 Å². The maximum Gasteiger partial charge on any atom is 0.276 e. The standard InChI is InChI=1S/C29H37ClF2N6O4S/c30-25-18-22(29(31,32)21-5-3-20(4-6-21)28(40)34-12-11-33)19-26(35-25)36-14-16-37(17-15-36)43(41,42)24-9-7-23(8-10-24)38-13-1-2-27(38)39/h7-10,18-21H,1-6,11-17,33H2,(H,34,40). The number of nitrogens with one attached hydrogen (secondary N) is 1. The second kappa shape index (κ2) is 13.0. The number of anilines is 2. The number of halogens is 3. The Balaban J connectivity index is 1.22. The topological polar surface area (TPSA) is 129 Å². The van der Waals surface area contributed by atoms with Crippen LogP contribution in [-0.2, 0) is 25.5 Å². The number of pyridine rings is 1. The van der Waals surface area contributed by atoms with E-state index in [2.05, 4.69) is 10.3 Å². The summed E-state index contributed by atoms with van der Waals surface area (Å²) in [4.78, 5) is 32.1. The normalized spacial score (nSPS) is 22.2. The SMILES string of the molecule is NCCNC(=O)C1CCC(C(F)(F)c2cc(Cl)nc(N3CCN(S(=O)(=O)c4ccc(N5CCCC5=O)cc4)CC3)c2)CC1. The lowest BCUT2D eigenvalue weighted by molar-refractivity contribution is -0.129. The Morgan fingerprint density at radius 2 is 1.72 bits per heavy atom. The molecular weight excluding hydrogens is 602 g/mol. The molecule has 2 saturated heterocycles. The molecule has 3 N–H and O–H groups in total. The molecule has 0 bridgehead atoms. The highest BCUT2D eigenvalue weighted by Gasteiger charge is 2.44. The van der Waals surface area contributed by atoms with Crippen LogP contribution in [0, 0.1) is 11.8 Å². The average molecular weight is 639 g/mol. The van der Waals surface area contributed by atoms with Gasteiger partial charge >= 0.3 is 0 Å². The van der Waals surface area contributed by atoms with Crippen molar-refractivity contribution in [3.8, 4) is 0 Å². The summed E-state index contributed by atoms with van der Waals surface area (Å²) in [5.41, 5.74) is 5.87. The summed E-state index contributed by atoms with van der Waals surface area (Å²) >= 11 is 6.21. The molecule has 1 aliphatic carbocycles. The van der Waals surface area contributed by atoms with Crippen LogP contribution in [0.5, 0.6) is 0 Å². The third kappa shape index (κ3) is 6.79. The fourth-order valence-electron chi connectivity index (χ4n) is 6.16. The van der Waals surface area contributed by atoms with Crippen LogP contribution in [-0.4, -0.2) is 75.3 Å². The maximum absolute atomic E-state index is 15.7. The lowest BCUT2D eigenvalue weighted by atomic mass is 9.77. The number of nitrogens with zero attached hydrogens (tertiary/aromatic N) is 4. The predicted molar refractivity (Wildman–Crippen MR) is 160 cm³/mol. The number of carbonyl (C=O) groups excluding carboxylic acids is 2. The van der Waals surface area contributed by atoms with Crippen molar-refractivity contribution in [2.45, 2.75) is 49.3 Å². The van der Waals surface area contributed by atoms with E-state index in [1.54, 1.807) is 21.9 Å². The molecule has 3 fully saturated rings. The lowest BCUT2D eigenvalue weighted by Crippen LogP contribution is -2.49. The molecule has 2 aromatic rings. The Morgan fingerprint density at radius 1 is 1.05 bits per heavy atom. The molecule has 1 saturated carbocycles. The van der Waals surface area contributed by atoms with E-state index in [-0.39, 0.29) is 78.2 Å². The molecule has 2 amide bonds. The number of nitrogens with two attached hydrogens (primary N) is 1. The quantitative estimate of drug-likeness (QED) is 0.403. The summed E-state index contributed by atoms with van der Waals surface area (Å²) in [7, 11) is -3.79. The summed E-state index contributed by atoms with van der Waals surface area (Å²) < 4.78 is 59.4. The van der Waals surface area contributed by atoms with E-state index in [4.69, 9.17) is 17.3 Å². The van der Waals surface area contributed by atoms with Gasteiger partial charge in [0, 0.05) is 75.3 Å². The Morgan fingerprint density at radius 3 is 2.33 bits per heavy atom. The molecule has 234 valence electrons. The minimum absolute atomic E-state index is 0.0257. The average Bonchev–Trinajstić information content (AvgIpc) is 3.45. The van der Waals surface area contributed by atoms with Crippen molar-refractivity contribution in [2.24, 2.45) is 17.6 Å². The minimum atomic E-state index is -3.79. The Hall–Kier alpha value is -2.87. The zero-order valence-corrected chi connectivity index (χ0v) is 25.4. The monoisotopic (exact) mass is 638 g/mol. The first-order valence-corrected chi connectivity index (χ1v) is 16.5. The molecule has 0 unspecified atom stereocenters. The van der Waals surface area contributed by atoms with Crippen molar-refractivity contribution in [3.05, 3.63) is 47.1 Å². The van der Waals surface area contributed by atoms with Crippen LogP contribution in [0.3, 0.4) is 0 Å². The molecule has 14 heteroatoms. The van der Waals surface area contributed by atoms with Gasteiger partial charge in [0.1, 0.15) is 11.0 Å². The van der Waals surface area contributed by atoms with Gasteiger partial charge in [0.05, 0.1) is 4.90 Å². The lowest BCUT2D eigenvalue weighted by Gasteiger charge is -2.36. The van der Waals surface area contributed by atoms with E-state index in [1.165, 1.54) is 28.6 Å². The molecule has 0 atom stereocenters. The van der Waals surface area contributed by atoms with Crippen LogP contribution in [0.1, 0.15) is 44.1 Å². The van der Waals surface area contributed by atoms with Gasteiger partial charge in [-0.2, -0.15) is 4.31 Å². The summed E-state index contributed by atoms with van der Waals surface area (Å²) in [5, 5.41) is 2.68.